The van der Waals surface area contributed by atoms with Crippen LogP contribution in [-0.4, -0.2) is 47.0 Å². The van der Waals surface area contributed by atoms with Crippen molar-refractivity contribution in [3.05, 3.63) is 11.6 Å². The predicted molar refractivity (Wildman–Crippen MR) is 41.2 cm³/mol. The molecule has 0 aliphatic carbocycles. The summed E-state index contributed by atoms with van der Waals surface area (Å²) in [5, 5.41) is 18.4. The fraction of sp³-hybridized carbons (Fsp3) is 0.750. The molecule has 2 aliphatic rings. The van der Waals surface area contributed by atoms with Crippen LogP contribution in [0.3, 0.4) is 0 Å². The van der Waals surface area contributed by atoms with E-state index >= 15 is 0 Å². The van der Waals surface area contributed by atoms with Crippen molar-refractivity contribution in [1.82, 2.24) is 4.90 Å². The minimum Gasteiger partial charge on any atom is -0.392 e. The van der Waals surface area contributed by atoms with E-state index in [0.717, 1.165) is 25.1 Å². The van der Waals surface area contributed by atoms with Crippen molar-refractivity contribution in [2.45, 2.75) is 18.6 Å². The first-order valence-corrected chi connectivity index (χ1v) is 4.05. The van der Waals surface area contributed by atoms with E-state index in [-0.39, 0.29) is 18.8 Å². The molecule has 0 spiro atoms. The number of aliphatic hydroxyl groups excluding tert-OH is 2. The zero-order chi connectivity index (χ0) is 7.84. The fourth-order valence-corrected chi connectivity index (χ4v) is 2.04. The van der Waals surface area contributed by atoms with Crippen LogP contribution in [-0.2, 0) is 0 Å². The molecule has 0 bridgehead atoms. The van der Waals surface area contributed by atoms with E-state index in [4.69, 9.17) is 5.11 Å². The van der Waals surface area contributed by atoms with Gasteiger partial charge in [0, 0.05) is 13.1 Å². The summed E-state index contributed by atoms with van der Waals surface area (Å²) in [6.45, 7) is 1.96. The van der Waals surface area contributed by atoms with Gasteiger partial charge in [0.2, 0.25) is 0 Å². The molecule has 0 aromatic carbocycles. The highest BCUT2D eigenvalue weighted by atomic mass is 16.3. The van der Waals surface area contributed by atoms with E-state index in [1.54, 1.807) is 0 Å². The smallest absolute Gasteiger partial charge is 0.0746 e. The molecule has 3 heteroatoms. The molecule has 1 fully saturated rings. The lowest BCUT2D eigenvalue weighted by molar-refractivity contribution is 0.140. The van der Waals surface area contributed by atoms with Crippen molar-refractivity contribution >= 4 is 0 Å². The van der Waals surface area contributed by atoms with Crippen LogP contribution in [0, 0.1) is 0 Å². The third-order valence-corrected chi connectivity index (χ3v) is 2.62. The zero-order valence-corrected chi connectivity index (χ0v) is 6.40. The molecular weight excluding hydrogens is 142 g/mol. The Morgan fingerprint density at radius 2 is 2.45 bits per heavy atom. The lowest BCUT2D eigenvalue weighted by Gasteiger charge is -2.19. The Kier molecular flexibility index (Phi) is 1.71. The first kappa shape index (κ1) is 7.28. The third-order valence-electron chi connectivity index (χ3n) is 2.62. The van der Waals surface area contributed by atoms with Crippen LogP contribution in [0.4, 0.5) is 0 Å². The molecule has 1 saturated heterocycles. The van der Waals surface area contributed by atoms with Gasteiger partial charge in [-0.05, 0) is 12.0 Å². The Hall–Kier alpha value is -0.380. The van der Waals surface area contributed by atoms with Gasteiger partial charge in [0.25, 0.3) is 0 Å². The maximum absolute atomic E-state index is 9.51. The minimum absolute atomic E-state index is 0.0955. The average molecular weight is 155 g/mol. The zero-order valence-electron chi connectivity index (χ0n) is 6.40. The van der Waals surface area contributed by atoms with Crippen LogP contribution in [0.15, 0.2) is 11.6 Å². The molecule has 2 N–H and O–H groups in total. The first-order valence-electron chi connectivity index (χ1n) is 4.05. The van der Waals surface area contributed by atoms with Gasteiger partial charge in [0.1, 0.15) is 0 Å². The van der Waals surface area contributed by atoms with Crippen molar-refractivity contribution < 1.29 is 10.2 Å². The molecule has 2 rings (SSSR count). The van der Waals surface area contributed by atoms with Gasteiger partial charge in [-0.25, -0.2) is 0 Å². The van der Waals surface area contributed by atoms with Gasteiger partial charge in [-0.15, -0.1) is 0 Å². The van der Waals surface area contributed by atoms with E-state index in [1.165, 1.54) is 0 Å². The van der Waals surface area contributed by atoms with Crippen molar-refractivity contribution in [2.75, 3.05) is 19.7 Å². The summed E-state index contributed by atoms with van der Waals surface area (Å²) in [5.74, 6) is 0. The highest BCUT2D eigenvalue weighted by molar-refractivity contribution is 5.22. The molecule has 0 saturated carbocycles. The summed E-state index contributed by atoms with van der Waals surface area (Å²) >= 11 is 0. The Bertz CT molecular complexity index is 191. The van der Waals surface area contributed by atoms with Crippen LogP contribution in [0.5, 0.6) is 0 Å². The van der Waals surface area contributed by atoms with Crippen molar-refractivity contribution in [3.63, 3.8) is 0 Å². The van der Waals surface area contributed by atoms with E-state index in [0.29, 0.717) is 0 Å². The largest absolute Gasteiger partial charge is 0.392 e. The first-order chi connectivity index (χ1) is 5.33. The van der Waals surface area contributed by atoms with Gasteiger partial charge in [-0.3, -0.25) is 4.90 Å². The Morgan fingerprint density at radius 3 is 3.18 bits per heavy atom. The van der Waals surface area contributed by atoms with Crippen molar-refractivity contribution in [3.8, 4) is 0 Å². The SMILES string of the molecule is OCC1=CCN2CCC(O)[C@H]12. The van der Waals surface area contributed by atoms with Crippen molar-refractivity contribution in [2.24, 2.45) is 0 Å². The van der Waals surface area contributed by atoms with Gasteiger partial charge >= 0.3 is 0 Å². The molecule has 0 amide bonds. The number of hydrogen-bond acceptors (Lipinski definition) is 3. The van der Waals surface area contributed by atoms with E-state index in [1.807, 2.05) is 6.08 Å². The van der Waals surface area contributed by atoms with Crippen molar-refractivity contribution in [1.29, 1.82) is 0 Å². The molecule has 62 valence electrons. The normalized spacial score (nSPS) is 37.5. The molecule has 2 heterocycles. The second kappa shape index (κ2) is 2.59. The molecule has 0 radical (unpaired) electrons. The lowest BCUT2D eigenvalue weighted by atomic mass is 10.1. The summed E-state index contributed by atoms with van der Waals surface area (Å²) in [7, 11) is 0. The number of fused-ring (bicyclic) bond motifs is 1. The van der Waals surface area contributed by atoms with E-state index in [9.17, 15) is 5.11 Å². The van der Waals surface area contributed by atoms with Crippen LogP contribution in [0.2, 0.25) is 0 Å². The van der Waals surface area contributed by atoms with Gasteiger partial charge in [-0.2, -0.15) is 0 Å². The summed E-state index contributed by atoms with van der Waals surface area (Å²) in [5.41, 5.74) is 0.995. The monoisotopic (exact) mass is 155 g/mol. The molecule has 11 heavy (non-hydrogen) atoms. The highest BCUT2D eigenvalue weighted by Gasteiger charge is 2.37. The Balaban J connectivity index is 2.15. The van der Waals surface area contributed by atoms with Crippen LogP contribution in [0.1, 0.15) is 6.42 Å². The highest BCUT2D eigenvalue weighted by Crippen LogP contribution is 2.28. The standard InChI is InChI=1S/C8H13NO2/c10-5-6-1-3-9-4-2-7(11)8(6)9/h1,7-8,10-11H,2-5H2/t7?,8-/m0/s1. The van der Waals surface area contributed by atoms with Crippen LogP contribution >= 0.6 is 0 Å². The lowest BCUT2D eigenvalue weighted by Crippen LogP contribution is -2.32. The Labute approximate surface area is 65.9 Å². The summed E-state index contributed by atoms with van der Waals surface area (Å²) in [6.07, 6.45) is 2.62. The minimum atomic E-state index is -0.254. The van der Waals surface area contributed by atoms with Gasteiger partial charge < -0.3 is 10.2 Å². The second-order valence-corrected chi connectivity index (χ2v) is 3.23. The maximum Gasteiger partial charge on any atom is 0.0746 e. The average Bonchev–Trinajstić information content (AvgIpc) is 2.54. The third kappa shape index (κ3) is 1.00. The molecular formula is C8H13NO2. The van der Waals surface area contributed by atoms with Gasteiger partial charge in [0.05, 0.1) is 18.8 Å². The second-order valence-electron chi connectivity index (χ2n) is 3.23. The maximum atomic E-state index is 9.51. The van der Waals surface area contributed by atoms with Crippen LogP contribution < -0.4 is 0 Å². The summed E-state index contributed by atoms with van der Waals surface area (Å²) in [6, 6.07) is 0.125. The molecule has 1 unspecified atom stereocenters. The molecule has 3 nitrogen and oxygen atoms in total. The summed E-state index contributed by atoms with van der Waals surface area (Å²) < 4.78 is 0. The summed E-state index contributed by atoms with van der Waals surface area (Å²) in [4.78, 5) is 2.20. The molecule has 2 atom stereocenters. The quantitative estimate of drug-likeness (QED) is 0.495. The van der Waals surface area contributed by atoms with Gasteiger partial charge in [-0.1, -0.05) is 6.08 Å². The predicted octanol–water partition coefficient (Wildman–Crippen LogP) is -0.646. The molecule has 0 aromatic rings. The Morgan fingerprint density at radius 1 is 1.64 bits per heavy atom. The van der Waals surface area contributed by atoms with E-state index in [2.05, 4.69) is 4.90 Å². The topological polar surface area (TPSA) is 43.7 Å². The van der Waals surface area contributed by atoms with Crippen LogP contribution in [0.25, 0.3) is 0 Å². The van der Waals surface area contributed by atoms with Gasteiger partial charge in [0.15, 0.2) is 0 Å². The number of hydrogen-bond donors (Lipinski definition) is 2. The molecule has 0 aromatic heterocycles. The number of nitrogens with zero attached hydrogens (tertiary/aromatic N) is 1. The molecule has 2 aliphatic heterocycles. The fourth-order valence-electron chi connectivity index (χ4n) is 2.04. The number of aliphatic hydroxyl groups is 2. The van der Waals surface area contributed by atoms with E-state index < -0.39 is 0 Å². The number of rotatable bonds is 1.